The predicted octanol–water partition coefficient (Wildman–Crippen LogP) is 2.26. The Hall–Kier alpha value is -2.61. The van der Waals surface area contributed by atoms with Crippen molar-refractivity contribution in [1.82, 2.24) is 4.98 Å². The molecule has 0 saturated heterocycles. The first kappa shape index (κ1) is 13.8. The fraction of sp³-hybridized carbons (Fsp3) is 0.267. The highest BCUT2D eigenvalue weighted by atomic mass is 16.4. The Labute approximate surface area is 117 Å². The van der Waals surface area contributed by atoms with Crippen molar-refractivity contribution in [2.24, 2.45) is 5.92 Å². The van der Waals surface area contributed by atoms with E-state index in [9.17, 15) is 10.1 Å². The lowest BCUT2D eigenvalue weighted by Crippen LogP contribution is -2.29. The zero-order valence-electron chi connectivity index (χ0n) is 11.4. The first-order chi connectivity index (χ1) is 9.52. The zero-order valence-corrected chi connectivity index (χ0v) is 11.4. The van der Waals surface area contributed by atoms with Gasteiger partial charge < -0.3 is 10.0 Å². The molecule has 0 bridgehead atoms. The van der Waals surface area contributed by atoms with Crippen molar-refractivity contribution < 1.29 is 9.90 Å². The van der Waals surface area contributed by atoms with Crippen LogP contribution in [0.2, 0.25) is 0 Å². The van der Waals surface area contributed by atoms with Crippen LogP contribution in [-0.2, 0) is 4.79 Å². The summed E-state index contributed by atoms with van der Waals surface area (Å²) in [6, 6.07) is 11.3. The Morgan fingerprint density at radius 3 is 2.85 bits per heavy atom. The quantitative estimate of drug-likeness (QED) is 0.921. The lowest BCUT2D eigenvalue weighted by molar-refractivity contribution is -0.140. The highest BCUT2D eigenvalue weighted by Crippen LogP contribution is 2.22. The first-order valence-corrected chi connectivity index (χ1v) is 6.26. The highest BCUT2D eigenvalue weighted by molar-refractivity contribution is 5.86. The van der Waals surface area contributed by atoms with Gasteiger partial charge in [-0.25, -0.2) is 4.98 Å². The molecule has 1 N–H and O–H groups in total. The summed E-state index contributed by atoms with van der Waals surface area (Å²) in [4.78, 5) is 17.1. The van der Waals surface area contributed by atoms with Crippen LogP contribution in [0.1, 0.15) is 12.5 Å². The molecule has 102 valence electrons. The van der Waals surface area contributed by atoms with E-state index in [-0.39, 0.29) is 0 Å². The average molecular weight is 269 g/mol. The average Bonchev–Trinajstić information content (AvgIpc) is 2.45. The largest absolute Gasteiger partial charge is 0.481 e. The molecule has 1 aromatic carbocycles. The number of nitrogens with zero attached hydrogens (tertiary/aromatic N) is 3. The Morgan fingerprint density at radius 1 is 1.50 bits per heavy atom. The Balaban J connectivity index is 2.40. The van der Waals surface area contributed by atoms with E-state index >= 15 is 0 Å². The van der Waals surface area contributed by atoms with E-state index in [1.807, 2.05) is 24.3 Å². The van der Waals surface area contributed by atoms with Crippen LogP contribution in [0, 0.1) is 17.2 Å². The predicted molar refractivity (Wildman–Crippen MR) is 76.5 cm³/mol. The van der Waals surface area contributed by atoms with E-state index in [2.05, 4.69) is 11.1 Å². The SMILES string of the molecule is CC(CN(C)c1cc(C#N)c2ccccc2n1)C(=O)O. The minimum absolute atomic E-state index is 0.339. The molecule has 1 unspecified atom stereocenters. The molecule has 5 nitrogen and oxygen atoms in total. The van der Waals surface area contributed by atoms with Gasteiger partial charge in [0.25, 0.3) is 0 Å². The minimum Gasteiger partial charge on any atom is -0.481 e. The van der Waals surface area contributed by atoms with E-state index in [0.29, 0.717) is 17.9 Å². The monoisotopic (exact) mass is 269 g/mol. The van der Waals surface area contributed by atoms with E-state index in [1.165, 1.54) is 0 Å². The van der Waals surface area contributed by atoms with Gasteiger partial charge in [0, 0.05) is 19.0 Å². The van der Waals surface area contributed by atoms with Crippen LogP contribution in [-0.4, -0.2) is 29.7 Å². The third-order valence-corrected chi connectivity index (χ3v) is 3.18. The number of hydrogen-bond donors (Lipinski definition) is 1. The van der Waals surface area contributed by atoms with Crippen molar-refractivity contribution in [3.8, 4) is 6.07 Å². The second kappa shape index (κ2) is 5.57. The number of benzene rings is 1. The maximum absolute atomic E-state index is 10.9. The van der Waals surface area contributed by atoms with Crippen LogP contribution < -0.4 is 4.90 Å². The molecule has 0 saturated carbocycles. The molecule has 0 aliphatic carbocycles. The molecule has 0 aliphatic rings. The molecule has 20 heavy (non-hydrogen) atoms. The summed E-state index contributed by atoms with van der Waals surface area (Å²) < 4.78 is 0. The summed E-state index contributed by atoms with van der Waals surface area (Å²) in [6.07, 6.45) is 0. The number of rotatable bonds is 4. The molecule has 0 amide bonds. The van der Waals surface area contributed by atoms with Crippen LogP contribution >= 0.6 is 0 Å². The van der Waals surface area contributed by atoms with Gasteiger partial charge in [0.2, 0.25) is 0 Å². The number of carbonyl (C=O) groups is 1. The molecule has 5 heteroatoms. The number of anilines is 1. The van der Waals surface area contributed by atoms with Gasteiger partial charge >= 0.3 is 5.97 Å². The van der Waals surface area contributed by atoms with Crippen LogP contribution in [0.25, 0.3) is 10.9 Å². The third kappa shape index (κ3) is 2.69. The number of carboxylic acids is 1. The second-order valence-corrected chi connectivity index (χ2v) is 4.78. The Kier molecular flexibility index (Phi) is 3.85. The standard InChI is InChI=1S/C15H15N3O2/c1-10(15(19)20)9-18(2)14-7-11(8-16)12-5-3-4-6-13(12)17-14/h3-7,10H,9H2,1-2H3,(H,19,20). The lowest BCUT2D eigenvalue weighted by Gasteiger charge is -2.21. The fourth-order valence-corrected chi connectivity index (χ4v) is 2.03. The first-order valence-electron chi connectivity index (χ1n) is 6.26. The summed E-state index contributed by atoms with van der Waals surface area (Å²) in [5.41, 5.74) is 1.27. The maximum Gasteiger partial charge on any atom is 0.308 e. The molecule has 0 aliphatic heterocycles. The van der Waals surface area contributed by atoms with Gasteiger partial charge in [-0.15, -0.1) is 0 Å². The molecule has 1 heterocycles. The number of para-hydroxylation sites is 1. The third-order valence-electron chi connectivity index (χ3n) is 3.18. The van der Waals surface area contributed by atoms with Crippen molar-refractivity contribution in [2.75, 3.05) is 18.5 Å². The van der Waals surface area contributed by atoms with Crippen molar-refractivity contribution in [1.29, 1.82) is 5.26 Å². The molecular weight excluding hydrogens is 254 g/mol. The fourth-order valence-electron chi connectivity index (χ4n) is 2.03. The van der Waals surface area contributed by atoms with Crippen molar-refractivity contribution in [3.63, 3.8) is 0 Å². The lowest BCUT2D eigenvalue weighted by atomic mass is 10.1. The van der Waals surface area contributed by atoms with Gasteiger partial charge in [0.15, 0.2) is 0 Å². The van der Waals surface area contributed by atoms with Gasteiger partial charge in [0.05, 0.1) is 23.1 Å². The Bertz CT molecular complexity index is 691. The summed E-state index contributed by atoms with van der Waals surface area (Å²) >= 11 is 0. The summed E-state index contributed by atoms with van der Waals surface area (Å²) in [5.74, 6) is -0.745. The van der Waals surface area contributed by atoms with Crippen LogP contribution in [0.3, 0.4) is 0 Å². The van der Waals surface area contributed by atoms with Crippen LogP contribution in [0.5, 0.6) is 0 Å². The van der Waals surface area contributed by atoms with Crippen LogP contribution in [0.15, 0.2) is 30.3 Å². The van der Waals surface area contributed by atoms with Crippen molar-refractivity contribution in [3.05, 3.63) is 35.9 Å². The normalized spacial score (nSPS) is 11.8. The topological polar surface area (TPSA) is 77.2 Å². The van der Waals surface area contributed by atoms with Crippen molar-refractivity contribution >= 4 is 22.7 Å². The summed E-state index contributed by atoms with van der Waals surface area (Å²) in [5, 5.41) is 19.0. The molecule has 0 radical (unpaired) electrons. The Morgan fingerprint density at radius 2 is 2.20 bits per heavy atom. The molecule has 2 aromatic rings. The summed E-state index contributed by atoms with van der Waals surface area (Å²) in [7, 11) is 1.78. The number of hydrogen-bond acceptors (Lipinski definition) is 4. The van der Waals surface area contributed by atoms with E-state index in [0.717, 1.165) is 10.9 Å². The number of fused-ring (bicyclic) bond motifs is 1. The van der Waals surface area contributed by atoms with Gasteiger partial charge in [-0.3, -0.25) is 4.79 Å². The second-order valence-electron chi connectivity index (χ2n) is 4.78. The number of aromatic nitrogens is 1. The molecular formula is C15H15N3O2. The smallest absolute Gasteiger partial charge is 0.308 e. The van der Waals surface area contributed by atoms with Gasteiger partial charge in [0.1, 0.15) is 5.82 Å². The van der Waals surface area contributed by atoms with Gasteiger partial charge in [-0.05, 0) is 12.1 Å². The highest BCUT2D eigenvalue weighted by Gasteiger charge is 2.16. The van der Waals surface area contributed by atoms with E-state index in [4.69, 9.17) is 5.11 Å². The van der Waals surface area contributed by atoms with E-state index in [1.54, 1.807) is 24.9 Å². The number of aliphatic carboxylic acids is 1. The molecule has 1 aromatic heterocycles. The molecule has 2 rings (SSSR count). The molecule has 0 fully saturated rings. The minimum atomic E-state index is -0.849. The van der Waals surface area contributed by atoms with Gasteiger partial charge in [-0.1, -0.05) is 25.1 Å². The molecule has 1 atom stereocenters. The molecule has 0 spiro atoms. The van der Waals surface area contributed by atoms with Crippen LogP contribution in [0.4, 0.5) is 5.82 Å². The van der Waals surface area contributed by atoms with Crippen molar-refractivity contribution in [2.45, 2.75) is 6.92 Å². The number of nitriles is 1. The maximum atomic E-state index is 10.9. The number of carboxylic acid groups (broad SMARTS) is 1. The summed E-state index contributed by atoms with van der Waals surface area (Å²) in [6.45, 7) is 1.98. The van der Waals surface area contributed by atoms with Gasteiger partial charge in [-0.2, -0.15) is 5.26 Å². The van der Waals surface area contributed by atoms with E-state index < -0.39 is 11.9 Å². The zero-order chi connectivity index (χ0) is 14.7. The number of pyridine rings is 1.